The first-order valence-corrected chi connectivity index (χ1v) is 8.16. The zero-order valence-corrected chi connectivity index (χ0v) is 15.2. The molecule has 1 fully saturated rings. The van der Waals surface area contributed by atoms with Gasteiger partial charge in [0, 0.05) is 44.0 Å². The van der Waals surface area contributed by atoms with Crippen LogP contribution in [0.15, 0.2) is 48.5 Å². The van der Waals surface area contributed by atoms with Gasteiger partial charge in [-0.15, -0.1) is 12.4 Å². The summed E-state index contributed by atoms with van der Waals surface area (Å²) < 4.78 is 5.20. The van der Waals surface area contributed by atoms with Gasteiger partial charge < -0.3 is 15.4 Å². The number of nitrogens with zero attached hydrogens (tertiary/aromatic N) is 2. The number of anilines is 1. The van der Waals surface area contributed by atoms with E-state index in [9.17, 15) is 4.79 Å². The molecule has 2 aromatic rings. The summed E-state index contributed by atoms with van der Waals surface area (Å²) >= 11 is 0. The van der Waals surface area contributed by atoms with E-state index in [0.717, 1.165) is 38.4 Å². The number of piperazine rings is 1. The van der Waals surface area contributed by atoms with Crippen LogP contribution in [0.5, 0.6) is 5.75 Å². The molecule has 134 valence electrons. The van der Waals surface area contributed by atoms with Crippen LogP contribution in [0.4, 0.5) is 5.69 Å². The molecular weight excluding hydrogens is 338 g/mol. The molecular formula is C19H24ClN3O2. The highest BCUT2D eigenvalue weighted by Gasteiger charge is 2.22. The van der Waals surface area contributed by atoms with Gasteiger partial charge in [0.25, 0.3) is 5.91 Å². The highest BCUT2D eigenvalue weighted by atomic mass is 35.5. The van der Waals surface area contributed by atoms with Gasteiger partial charge in [-0.1, -0.05) is 18.2 Å². The number of ether oxygens (including phenoxy) is 1. The number of benzene rings is 2. The molecule has 6 heteroatoms. The molecule has 3 rings (SSSR count). The predicted molar refractivity (Wildman–Crippen MR) is 102 cm³/mol. The van der Waals surface area contributed by atoms with Crippen molar-refractivity contribution >= 4 is 24.0 Å². The number of carbonyl (C=O) groups excluding carboxylic acids is 1. The van der Waals surface area contributed by atoms with Crippen LogP contribution in [-0.2, 0) is 6.54 Å². The van der Waals surface area contributed by atoms with E-state index in [1.54, 1.807) is 13.2 Å². The lowest BCUT2D eigenvalue weighted by molar-refractivity contribution is 0.0628. The fourth-order valence-corrected chi connectivity index (χ4v) is 3.00. The van der Waals surface area contributed by atoms with Crippen molar-refractivity contribution in [2.75, 3.05) is 39.0 Å². The quantitative estimate of drug-likeness (QED) is 0.850. The second-order valence-corrected chi connectivity index (χ2v) is 6.05. The molecule has 0 bridgehead atoms. The minimum Gasteiger partial charge on any atom is -0.497 e. The SMILES string of the molecule is COc1cccc(C(=O)N2CCN(Cc3cccc(N)c3)CC2)c1.Cl. The molecule has 0 radical (unpaired) electrons. The molecule has 0 saturated carbocycles. The van der Waals surface area contributed by atoms with Gasteiger partial charge in [0.1, 0.15) is 5.75 Å². The summed E-state index contributed by atoms with van der Waals surface area (Å²) in [5, 5.41) is 0. The van der Waals surface area contributed by atoms with Crippen LogP contribution < -0.4 is 10.5 Å². The van der Waals surface area contributed by atoms with Gasteiger partial charge in [-0.3, -0.25) is 9.69 Å². The monoisotopic (exact) mass is 361 g/mol. The largest absolute Gasteiger partial charge is 0.497 e. The highest BCUT2D eigenvalue weighted by Crippen LogP contribution is 2.16. The average molecular weight is 362 g/mol. The van der Waals surface area contributed by atoms with Crippen LogP contribution in [0.25, 0.3) is 0 Å². The molecule has 0 atom stereocenters. The van der Waals surface area contributed by atoms with E-state index in [1.807, 2.05) is 41.3 Å². The molecule has 25 heavy (non-hydrogen) atoms. The van der Waals surface area contributed by atoms with Crippen molar-refractivity contribution in [2.24, 2.45) is 0 Å². The number of halogens is 1. The van der Waals surface area contributed by atoms with Crippen molar-refractivity contribution in [3.63, 3.8) is 0 Å². The van der Waals surface area contributed by atoms with Crippen LogP contribution in [0, 0.1) is 0 Å². The molecule has 0 spiro atoms. The van der Waals surface area contributed by atoms with Crippen molar-refractivity contribution in [2.45, 2.75) is 6.54 Å². The van der Waals surface area contributed by atoms with Gasteiger partial charge in [-0.05, 0) is 35.9 Å². The molecule has 1 amide bonds. The summed E-state index contributed by atoms with van der Waals surface area (Å²) in [5.41, 5.74) is 8.51. The molecule has 0 aliphatic carbocycles. The average Bonchev–Trinajstić information content (AvgIpc) is 2.62. The van der Waals surface area contributed by atoms with Crippen LogP contribution in [0.3, 0.4) is 0 Å². The standard InChI is InChI=1S/C19H23N3O2.ClH/c1-24-18-7-3-5-16(13-18)19(23)22-10-8-21(9-11-22)14-15-4-2-6-17(20)12-15;/h2-7,12-13H,8-11,14,20H2,1H3;1H. The van der Waals surface area contributed by atoms with E-state index in [2.05, 4.69) is 11.0 Å². The second kappa shape index (κ2) is 8.74. The van der Waals surface area contributed by atoms with Gasteiger partial charge >= 0.3 is 0 Å². The van der Waals surface area contributed by atoms with Crippen molar-refractivity contribution < 1.29 is 9.53 Å². The molecule has 2 N–H and O–H groups in total. The minimum atomic E-state index is 0. The van der Waals surface area contributed by atoms with Gasteiger partial charge in [0.2, 0.25) is 0 Å². The number of carbonyl (C=O) groups is 1. The fraction of sp³-hybridized carbons (Fsp3) is 0.316. The molecule has 1 heterocycles. The topological polar surface area (TPSA) is 58.8 Å². The van der Waals surface area contributed by atoms with Gasteiger partial charge in [0.15, 0.2) is 0 Å². The molecule has 1 aliphatic rings. The van der Waals surface area contributed by atoms with Gasteiger partial charge in [0.05, 0.1) is 7.11 Å². The maximum Gasteiger partial charge on any atom is 0.254 e. The zero-order chi connectivity index (χ0) is 16.9. The van der Waals surface area contributed by atoms with Crippen LogP contribution in [-0.4, -0.2) is 49.0 Å². The number of hydrogen-bond donors (Lipinski definition) is 1. The smallest absolute Gasteiger partial charge is 0.254 e. The van der Waals surface area contributed by atoms with E-state index >= 15 is 0 Å². The number of amides is 1. The van der Waals surface area contributed by atoms with Crippen molar-refractivity contribution in [3.05, 3.63) is 59.7 Å². The Morgan fingerprint density at radius 3 is 2.48 bits per heavy atom. The summed E-state index contributed by atoms with van der Waals surface area (Å²) in [6.07, 6.45) is 0. The second-order valence-electron chi connectivity index (χ2n) is 6.05. The Morgan fingerprint density at radius 2 is 1.80 bits per heavy atom. The molecule has 0 aromatic heterocycles. The van der Waals surface area contributed by atoms with Crippen LogP contribution in [0.2, 0.25) is 0 Å². The molecule has 5 nitrogen and oxygen atoms in total. The lowest BCUT2D eigenvalue weighted by Crippen LogP contribution is -2.48. The zero-order valence-electron chi connectivity index (χ0n) is 14.4. The number of hydrogen-bond acceptors (Lipinski definition) is 4. The number of nitrogens with two attached hydrogens (primary N) is 1. The lowest BCUT2D eigenvalue weighted by atomic mass is 10.1. The molecule has 1 saturated heterocycles. The first kappa shape index (κ1) is 19.1. The van der Waals surface area contributed by atoms with E-state index in [0.29, 0.717) is 11.3 Å². The van der Waals surface area contributed by atoms with E-state index < -0.39 is 0 Å². The maximum absolute atomic E-state index is 12.6. The summed E-state index contributed by atoms with van der Waals surface area (Å²) in [5.74, 6) is 0.777. The summed E-state index contributed by atoms with van der Waals surface area (Å²) in [4.78, 5) is 16.9. The van der Waals surface area contributed by atoms with Gasteiger partial charge in [-0.25, -0.2) is 0 Å². The molecule has 0 unspecified atom stereocenters. The van der Waals surface area contributed by atoms with Crippen LogP contribution in [0.1, 0.15) is 15.9 Å². The Hall–Kier alpha value is -2.24. The minimum absolute atomic E-state index is 0. The predicted octanol–water partition coefficient (Wildman–Crippen LogP) is 2.66. The number of rotatable bonds is 4. The molecule has 1 aliphatic heterocycles. The summed E-state index contributed by atoms with van der Waals surface area (Å²) in [6, 6.07) is 15.3. The van der Waals surface area contributed by atoms with E-state index in [4.69, 9.17) is 10.5 Å². The number of nitrogen functional groups attached to an aromatic ring is 1. The van der Waals surface area contributed by atoms with Crippen molar-refractivity contribution in [1.82, 2.24) is 9.80 Å². The van der Waals surface area contributed by atoms with Crippen LogP contribution >= 0.6 is 12.4 Å². The van der Waals surface area contributed by atoms with E-state index in [-0.39, 0.29) is 18.3 Å². The van der Waals surface area contributed by atoms with Crippen molar-refractivity contribution in [1.29, 1.82) is 0 Å². The Balaban J connectivity index is 0.00000225. The normalized spacial score (nSPS) is 14.7. The highest BCUT2D eigenvalue weighted by molar-refractivity contribution is 5.94. The first-order valence-electron chi connectivity index (χ1n) is 8.16. The fourth-order valence-electron chi connectivity index (χ4n) is 3.00. The Labute approximate surface area is 154 Å². The van der Waals surface area contributed by atoms with Crippen molar-refractivity contribution in [3.8, 4) is 5.75 Å². The third-order valence-corrected chi connectivity index (χ3v) is 4.33. The lowest BCUT2D eigenvalue weighted by Gasteiger charge is -2.34. The third kappa shape index (κ3) is 4.87. The summed E-state index contributed by atoms with van der Waals surface area (Å²) in [6.45, 7) is 4.07. The number of methoxy groups -OCH3 is 1. The molecule has 2 aromatic carbocycles. The Kier molecular flexibility index (Phi) is 6.67. The first-order chi connectivity index (χ1) is 11.7. The Morgan fingerprint density at radius 1 is 1.08 bits per heavy atom. The third-order valence-electron chi connectivity index (χ3n) is 4.33. The Bertz CT molecular complexity index is 715. The maximum atomic E-state index is 12.6. The summed E-state index contributed by atoms with van der Waals surface area (Å²) in [7, 11) is 1.61. The van der Waals surface area contributed by atoms with Gasteiger partial charge in [-0.2, -0.15) is 0 Å². The van der Waals surface area contributed by atoms with E-state index in [1.165, 1.54) is 5.56 Å².